The standard InChI is InChI=1S/C10H20ClN/c1-4-8-5-9(7(2)3)10(11)12-6-8/h7-10,12H,4-6H2,1-3H3. The monoisotopic (exact) mass is 189 g/mol. The van der Waals surface area contributed by atoms with Gasteiger partial charge in [-0.25, -0.2) is 0 Å². The molecule has 12 heavy (non-hydrogen) atoms. The van der Waals surface area contributed by atoms with Crippen LogP contribution in [-0.2, 0) is 0 Å². The molecule has 0 aromatic carbocycles. The van der Waals surface area contributed by atoms with E-state index in [0.29, 0.717) is 11.8 Å². The maximum atomic E-state index is 6.19. The van der Waals surface area contributed by atoms with Crippen molar-refractivity contribution in [2.24, 2.45) is 17.8 Å². The quantitative estimate of drug-likeness (QED) is 0.521. The van der Waals surface area contributed by atoms with Crippen molar-refractivity contribution in [2.45, 2.75) is 39.1 Å². The fourth-order valence-electron chi connectivity index (χ4n) is 1.94. The molecule has 3 atom stereocenters. The van der Waals surface area contributed by atoms with Crippen molar-refractivity contribution >= 4 is 11.6 Å². The van der Waals surface area contributed by atoms with Crippen LogP contribution in [0.1, 0.15) is 33.6 Å². The van der Waals surface area contributed by atoms with Gasteiger partial charge in [0.05, 0.1) is 5.50 Å². The van der Waals surface area contributed by atoms with Gasteiger partial charge in [0.2, 0.25) is 0 Å². The SMILES string of the molecule is CCC1CNC(Cl)C(C(C)C)C1. The molecule has 0 bridgehead atoms. The average Bonchev–Trinajstić information content (AvgIpc) is 2.05. The van der Waals surface area contributed by atoms with E-state index < -0.39 is 0 Å². The maximum absolute atomic E-state index is 6.19. The van der Waals surface area contributed by atoms with E-state index in [-0.39, 0.29) is 5.50 Å². The highest BCUT2D eigenvalue weighted by molar-refractivity contribution is 6.20. The van der Waals surface area contributed by atoms with Crippen LogP contribution in [0.5, 0.6) is 0 Å². The van der Waals surface area contributed by atoms with Crippen molar-refractivity contribution in [1.29, 1.82) is 0 Å². The van der Waals surface area contributed by atoms with E-state index in [2.05, 4.69) is 26.1 Å². The van der Waals surface area contributed by atoms with Gasteiger partial charge in [-0.1, -0.05) is 27.2 Å². The highest BCUT2D eigenvalue weighted by atomic mass is 35.5. The molecule has 3 unspecified atom stereocenters. The van der Waals surface area contributed by atoms with E-state index in [0.717, 1.165) is 12.5 Å². The lowest BCUT2D eigenvalue weighted by atomic mass is 9.82. The van der Waals surface area contributed by atoms with Gasteiger partial charge in [-0.2, -0.15) is 0 Å². The number of piperidine rings is 1. The fraction of sp³-hybridized carbons (Fsp3) is 1.00. The molecule has 0 saturated carbocycles. The summed E-state index contributed by atoms with van der Waals surface area (Å²) >= 11 is 6.19. The van der Waals surface area contributed by atoms with Crippen molar-refractivity contribution in [1.82, 2.24) is 5.32 Å². The third kappa shape index (κ3) is 2.37. The van der Waals surface area contributed by atoms with E-state index >= 15 is 0 Å². The molecular weight excluding hydrogens is 170 g/mol. The van der Waals surface area contributed by atoms with Gasteiger partial charge in [-0.3, -0.25) is 0 Å². The van der Waals surface area contributed by atoms with Crippen LogP contribution in [0, 0.1) is 17.8 Å². The third-order valence-electron chi connectivity index (χ3n) is 3.02. The van der Waals surface area contributed by atoms with Crippen LogP contribution in [0.15, 0.2) is 0 Å². The predicted molar refractivity (Wildman–Crippen MR) is 54.4 cm³/mol. The molecule has 0 amide bonds. The van der Waals surface area contributed by atoms with E-state index in [1.54, 1.807) is 0 Å². The van der Waals surface area contributed by atoms with Gasteiger partial charge >= 0.3 is 0 Å². The van der Waals surface area contributed by atoms with E-state index in [4.69, 9.17) is 11.6 Å². The summed E-state index contributed by atoms with van der Waals surface area (Å²) in [6.45, 7) is 7.89. The number of hydrogen-bond acceptors (Lipinski definition) is 1. The van der Waals surface area contributed by atoms with Gasteiger partial charge in [-0.05, 0) is 30.7 Å². The zero-order valence-electron chi connectivity index (χ0n) is 8.31. The Balaban J connectivity index is 2.47. The lowest BCUT2D eigenvalue weighted by Gasteiger charge is -2.35. The minimum atomic E-state index is 0.202. The van der Waals surface area contributed by atoms with Crippen molar-refractivity contribution < 1.29 is 0 Å². The molecule has 1 saturated heterocycles. The summed E-state index contributed by atoms with van der Waals surface area (Å²) in [4.78, 5) is 0. The molecule has 1 rings (SSSR count). The van der Waals surface area contributed by atoms with Crippen molar-refractivity contribution in [2.75, 3.05) is 6.54 Å². The number of rotatable bonds is 2. The number of nitrogens with one attached hydrogen (secondary N) is 1. The summed E-state index contributed by atoms with van der Waals surface area (Å²) < 4.78 is 0. The molecule has 1 heterocycles. The molecule has 0 aliphatic carbocycles. The first kappa shape index (κ1) is 10.3. The molecule has 1 fully saturated rings. The molecule has 0 spiro atoms. The van der Waals surface area contributed by atoms with E-state index in [1.165, 1.54) is 12.8 Å². The molecule has 1 N–H and O–H groups in total. The summed E-state index contributed by atoms with van der Waals surface area (Å²) in [5, 5.41) is 3.38. The predicted octanol–water partition coefficient (Wildman–Crippen LogP) is 2.84. The summed E-state index contributed by atoms with van der Waals surface area (Å²) in [6, 6.07) is 0. The van der Waals surface area contributed by atoms with Crippen LogP contribution >= 0.6 is 11.6 Å². The van der Waals surface area contributed by atoms with Crippen LogP contribution in [0.25, 0.3) is 0 Å². The second-order valence-corrected chi connectivity index (χ2v) is 4.70. The largest absolute Gasteiger partial charge is 0.301 e. The Morgan fingerprint density at radius 1 is 1.50 bits per heavy atom. The average molecular weight is 190 g/mol. The second kappa shape index (κ2) is 4.48. The Morgan fingerprint density at radius 3 is 2.67 bits per heavy atom. The van der Waals surface area contributed by atoms with Crippen molar-refractivity contribution in [3.63, 3.8) is 0 Å². The first-order valence-corrected chi connectivity index (χ1v) is 5.46. The Kier molecular flexibility index (Phi) is 3.85. The molecular formula is C10H20ClN. The Hall–Kier alpha value is 0.250. The summed E-state index contributed by atoms with van der Waals surface area (Å²) in [6.07, 6.45) is 2.58. The Bertz CT molecular complexity index is 136. The zero-order valence-corrected chi connectivity index (χ0v) is 9.06. The van der Waals surface area contributed by atoms with Gasteiger partial charge in [-0.15, -0.1) is 11.6 Å². The molecule has 1 nitrogen and oxygen atoms in total. The molecule has 72 valence electrons. The highest BCUT2D eigenvalue weighted by Crippen LogP contribution is 2.30. The molecule has 0 radical (unpaired) electrons. The van der Waals surface area contributed by atoms with Crippen LogP contribution in [0.3, 0.4) is 0 Å². The van der Waals surface area contributed by atoms with E-state index in [1.807, 2.05) is 0 Å². The van der Waals surface area contributed by atoms with Gasteiger partial charge in [0.15, 0.2) is 0 Å². The van der Waals surface area contributed by atoms with Gasteiger partial charge in [0.1, 0.15) is 0 Å². The first-order valence-electron chi connectivity index (χ1n) is 5.02. The van der Waals surface area contributed by atoms with Crippen LogP contribution in [0.2, 0.25) is 0 Å². The van der Waals surface area contributed by atoms with Crippen LogP contribution < -0.4 is 5.32 Å². The summed E-state index contributed by atoms with van der Waals surface area (Å²) in [5.41, 5.74) is 0.202. The third-order valence-corrected chi connectivity index (χ3v) is 3.49. The number of hydrogen-bond donors (Lipinski definition) is 1. The first-order chi connectivity index (χ1) is 5.65. The van der Waals surface area contributed by atoms with Gasteiger partial charge < -0.3 is 5.32 Å². The smallest absolute Gasteiger partial charge is 0.0856 e. The second-order valence-electron chi connectivity index (χ2n) is 4.23. The fourth-order valence-corrected chi connectivity index (χ4v) is 2.42. The summed E-state index contributed by atoms with van der Waals surface area (Å²) in [7, 11) is 0. The molecule has 2 heteroatoms. The van der Waals surface area contributed by atoms with E-state index in [9.17, 15) is 0 Å². The minimum absolute atomic E-state index is 0.202. The van der Waals surface area contributed by atoms with Crippen LogP contribution in [-0.4, -0.2) is 12.0 Å². The number of alkyl halides is 1. The highest BCUT2D eigenvalue weighted by Gasteiger charge is 2.29. The number of halogens is 1. The lowest BCUT2D eigenvalue weighted by Crippen LogP contribution is -2.43. The lowest BCUT2D eigenvalue weighted by molar-refractivity contribution is 0.209. The maximum Gasteiger partial charge on any atom is 0.0856 e. The minimum Gasteiger partial charge on any atom is -0.301 e. The van der Waals surface area contributed by atoms with Gasteiger partial charge in [0, 0.05) is 0 Å². The van der Waals surface area contributed by atoms with Crippen molar-refractivity contribution in [3.05, 3.63) is 0 Å². The molecule has 1 aliphatic rings. The van der Waals surface area contributed by atoms with Crippen LogP contribution in [0.4, 0.5) is 0 Å². The molecule has 1 aliphatic heterocycles. The zero-order chi connectivity index (χ0) is 9.14. The molecule has 0 aromatic rings. The molecule has 0 aromatic heterocycles. The normalized spacial score (nSPS) is 37.2. The Labute approximate surface area is 80.9 Å². The summed E-state index contributed by atoms with van der Waals surface area (Å²) in [5.74, 6) is 2.20. The van der Waals surface area contributed by atoms with Gasteiger partial charge in [0.25, 0.3) is 0 Å². The van der Waals surface area contributed by atoms with Crippen molar-refractivity contribution in [3.8, 4) is 0 Å². The topological polar surface area (TPSA) is 12.0 Å². The Morgan fingerprint density at radius 2 is 2.17 bits per heavy atom.